The highest BCUT2D eigenvalue weighted by molar-refractivity contribution is 6.01. The molecule has 2 aromatic heterocycles. The van der Waals surface area contributed by atoms with Crippen LogP contribution in [-0.4, -0.2) is 21.0 Å². The van der Waals surface area contributed by atoms with Crippen molar-refractivity contribution in [2.45, 2.75) is 6.92 Å². The molecule has 2 heterocycles. The van der Waals surface area contributed by atoms with Gasteiger partial charge in [0.2, 0.25) is 0 Å². The Hall–Kier alpha value is -3.22. The number of carbonyl (C=O) groups excluding carboxylic acids is 1. The molecule has 7 nitrogen and oxygen atoms in total. The van der Waals surface area contributed by atoms with Crippen LogP contribution in [0.5, 0.6) is 0 Å². The number of benzene rings is 1. The highest BCUT2D eigenvalue weighted by Crippen LogP contribution is 2.27. The van der Waals surface area contributed by atoms with E-state index in [1.807, 2.05) is 25.1 Å². The number of amides is 2. The van der Waals surface area contributed by atoms with Gasteiger partial charge in [-0.3, -0.25) is 10.3 Å². The molecule has 0 aliphatic heterocycles. The Morgan fingerprint density at radius 1 is 1.09 bits per heavy atom. The Morgan fingerprint density at radius 2 is 1.95 bits per heavy atom. The van der Waals surface area contributed by atoms with Crippen molar-refractivity contribution in [1.29, 1.82) is 0 Å². The maximum atomic E-state index is 12.1. The molecule has 7 heteroatoms. The molecule has 0 atom stereocenters. The van der Waals surface area contributed by atoms with Crippen LogP contribution in [0.3, 0.4) is 0 Å². The molecule has 3 aromatic rings. The van der Waals surface area contributed by atoms with Crippen LogP contribution in [0.1, 0.15) is 5.69 Å². The fourth-order valence-corrected chi connectivity index (χ4v) is 1.88. The Bertz CT molecular complexity index is 769. The maximum absolute atomic E-state index is 12.1. The van der Waals surface area contributed by atoms with E-state index in [0.717, 1.165) is 11.3 Å². The molecule has 1 aromatic carbocycles. The summed E-state index contributed by atoms with van der Waals surface area (Å²) >= 11 is 0. The molecule has 3 rings (SSSR count). The van der Waals surface area contributed by atoms with E-state index in [-0.39, 0.29) is 0 Å². The summed E-state index contributed by atoms with van der Waals surface area (Å²) < 4.78 is 5.27. The summed E-state index contributed by atoms with van der Waals surface area (Å²) in [5.41, 5.74) is 2.13. The normalized spacial score (nSPS) is 10.2. The average Bonchev–Trinajstić information content (AvgIpc) is 3.04. The van der Waals surface area contributed by atoms with Crippen molar-refractivity contribution < 1.29 is 9.21 Å². The van der Waals surface area contributed by atoms with E-state index in [4.69, 9.17) is 4.42 Å². The monoisotopic (exact) mass is 295 g/mol. The average molecular weight is 295 g/mol. The zero-order chi connectivity index (χ0) is 15.4. The highest BCUT2D eigenvalue weighted by Gasteiger charge is 2.11. The van der Waals surface area contributed by atoms with Gasteiger partial charge in [0.05, 0.1) is 30.0 Å². The van der Waals surface area contributed by atoms with Crippen molar-refractivity contribution in [3.05, 3.63) is 54.9 Å². The predicted molar refractivity (Wildman–Crippen MR) is 81.3 cm³/mol. The molecular formula is C15H13N5O2. The molecule has 0 saturated heterocycles. The van der Waals surface area contributed by atoms with Gasteiger partial charge in [0.1, 0.15) is 0 Å². The highest BCUT2D eigenvalue weighted by atomic mass is 16.3. The quantitative estimate of drug-likeness (QED) is 0.774. The first-order chi connectivity index (χ1) is 10.7. The van der Waals surface area contributed by atoms with E-state index in [1.165, 1.54) is 12.6 Å². The number of oxazole rings is 1. The standard InChI is InChI=1S/C15H13N5O2/c1-10-6-18-14(8-17-10)20-15(21)19-12-5-3-2-4-11(12)13-7-16-9-22-13/h2-9H,1H3,(H2,18,19,20,21). The molecular weight excluding hydrogens is 282 g/mol. The molecule has 0 aliphatic carbocycles. The van der Waals surface area contributed by atoms with Crippen LogP contribution in [0.4, 0.5) is 16.3 Å². The third-order valence-electron chi connectivity index (χ3n) is 2.90. The minimum atomic E-state index is -0.412. The third kappa shape index (κ3) is 3.09. The first-order valence-electron chi connectivity index (χ1n) is 6.57. The number of para-hydroxylation sites is 1. The number of hydrogen-bond acceptors (Lipinski definition) is 5. The number of nitrogens with zero attached hydrogens (tertiary/aromatic N) is 3. The molecule has 0 radical (unpaired) electrons. The van der Waals surface area contributed by atoms with E-state index in [2.05, 4.69) is 25.6 Å². The van der Waals surface area contributed by atoms with Crippen LogP contribution >= 0.6 is 0 Å². The van der Waals surface area contributed by atoms with E-state index in [9.17, 15) is 4.79 Å². The Balaban J connectivity index is 1.76. The third-order valence-corrected chi connectivity index (χ3v) is 2.90. The van der Waals surface area contributed by atoms with Crippen molar-refractivity contribution in [1.82, 2.24) is 15.0 Å². The molecule has 2 N–H and O–H groups in total. The van der Waals surface area contributed by atoms with Gasteiger partial charge in [0.15, 0.2) is 18.0 Å². The first-order valence-corrected chi connectivity index (χ1v) is 6.57. The fourth-order valence-electron chi connectivity index (χ4n) is 1.88. The van der Waals surface area contributed by atoms with Crippen LogP contribution in [0.15, 0.2) is 53.7 Å². The molecule has 0 unspecified atom stereocenters. The molecule has 22 heavy (non-hydrogen) atoms. The minimum absolute atomic E-state index is 0.375. The molecule has 0 saturated carbocycles. The maximum Gasteiger partial charge on any atom is 0.324 e. The number of nitrogens with one attached hydrogen (secondary N) is 2. The van der Waals surface area contributed by atoms with Crippen molar-refractivity contribution in [3.8, 4) is 11.3 Å². The lowest BCUT2D eigenvalue weighted by molar-refractivity contribution is 0.262. The van der Waals surface area contributed by atoms with E-state index < -0.39 is 6.03 Å². The lowest BCUT2D eigenvalue weighted by Crippen LogP contribution is -2.20. The summed E-state index contributed by atoms with van der Waals surface area (Å²) in [6.45, 7) is 1.82. The van der Waals surface area contributed by atoms with Crippen molar-refractivity contribution in [2.24, 2.45) is 0 Å². The largest absolute Gasteiger partial charge is 0.443 e. The van der Waals surface area contributed by atoms with Gasteiger partial charge in [-0.25, -0.2) is 14.8 Å². The smallest absolute Gasteiger partial charge is 0.324 e. The Kier molecular flexibility index (Phi) is 3.78. The second-order valence-corrected chi connectivity index (χ2v) is 4.53. The fraction of sp³-hybridized carbons (Fsp3) is 0.0667. The Labute approximate surface area is 126 Å². The van der Waals surface area contributed by atoms with Gasteiger partial charge in [0.25, 0.3) is 0 Å². The molecule has 0 aliphatic rings. The van der Waals surface area contributed by atoms with Gasteiger partial charge >= 0.3 is 6.03 Å². The number of anilines is 2. The number of hydrogen-bond donors (Lipinski definition) is 2. The number of urea groups is 1. The lowest BCUT2D eigenvalue weighted by Gasteiger charge is -2.10. The number of aryl methyl sites for hydroxylation is 1. The predicted octanol–water partition coefficient (Wildman–Crippen LogP) is 3.08. The van der Waals surface area contributed by atoms with Crippen molar-refractivity contribution >= 4 is 17.5 Å². The molecule has 0 fully saturated rings. The zero-order valence-electron chi connectivity index (χ0n) is 11.8. The SMILES string of the molecule is Cc1cnc(NC(=O)Nc2ccccc2-c2cnco2)cn1. The van der Waals surface area contributed by atoms with E-state index in [1.54, 1.807) is 18.5 Å². The first kappa shape index (κ1) is 13.7. The molecule has 2 amide bonds. The summed E-state index contributed by atoms with van der Waals surface area (Å²) in [6, 6.07) is 6.87. The summed E-state index contributed by atoms with van der Waals surface area (Å²) in [7, 11) is 0. The van der Waals surface area contributed by atoms with E-state index in [0.29, 0.717) is 17.3 Å². The van der Waals surface area contributed by atoms with Gasteiger partial charge in [-0.2, -0.15) is 0 Å². The van der Waals surface area contributed by atoms with Crippen molar-refractivity contribution in [2.75, 3.05) is 10.6 Å². The topological polar surface area (TPSA) is 92.9 Å². The second kappa shape index (κ2) is 6.04. The van der Waals surface area contributed by atoms with Crippen LogP contribution in [0.2, 0.25) is 0 Å². The van der Waals surface area contributed by atoms with Gasteiger partial charge in [-0.15, -0.1) is 0 Å². The van der Waals surface area contributed by atoms with Crippen LogP contribution in [-0.2, 0) is 0 Å². The van der Waals surface area contributed by atoms with Crippen LogP contribution in [0.25, 0.3) is 11.3 Å². The van der Waals surface area contributed by atoms with Crippen LogP contribution in [0, 0.1) is 6.92 Å². The second-order valence-electron chi connectivity index (χ2n) is 4.53. The van der Waals surface area contributed by atoms with Gasteiger partial charge in [0, 0.05) is 5.56 Å². The molecule has 0 bridgehead atoms. The number of rotatable bonds is 3. The Morgan fingerprint density at radius 3 is 2.68 bits per heavy atom. The molecule has 110 valence electrons. The summed E-state index contributed by atoms with van der Waals surface area (Å²) in [6.07, 6.45) is 6.01. The minimum Gasteiger partial charge on any atom is -0.443 e. The number of carbonyl (C=O) groups is 1. The van der Waals surface area contributed by atoms with Crippen LogP contribution < -0.4 is 10.6 Å². The lowest BCUT2D eigenvalue weighted by atomic mass is 10.1. The number of aromatic nitrogens is 3. The zero-order valence-corrected chi connectivity index (χ0v) is 11.8. The summed E-state index contributed by atoms with van der Waals surface area (Å²) in [5, 5.41) is 5.38. The van der Waals surface area contributed by atoms with Crippen molar-refractivity contribution in [3.63, 3.8) is 0 Å². The summed E-state index contributed by atoms with van der Waals surface area (Å²) in [5.74, 6) is 0.950. The van der Waals surface area contributed by atoms with E-state index >= 15 is 0 Å². The van der Waals surface area contributed by atoms with Gasteiger partial charge in [-0.05, 0) is 19.1 Å². The summed E-state index contributed by atoms with van der Waals surface area (Å²) in [4.78, 5) is 24.1. The molecule has 0 spiro atoms. The van der Waals surface area contributed by atoms with Gasteiger partial charge in [-0.1, -0.05) is 12.1 Å². The van der Waals surface area contributed by atoms with Gasteiger partial charge < -0.3 is 9.73 Å².